The topological polar surface area (TPSA) is 32.3 Å². The van der Waals surface area contributed by atoms with Crippen molar-refractivity contribution in [2.75, 3.05) is 13.1 Å². The van der Waals surface area contributed by atoms with Crippen LogP contribution in [-0.4, -0.2) is 29.4 Å². The van der Waals surface area contributed by atoms with Crippen LogP contribution in [0.25, 0.3) is 0 Å². The van der Waals surface area contributed by atoms with Gasteiger partial charge >= 0.3 is 0 Å². The number of hydrogen-bond acceptors (Lipinski definition) is 2. The van der Waals surface area contributed by atoms with E-state index >= 15 is 0 Å². The maximum atomic E-state index is 11.2. The van der Waals surface area contributed by atoms with E-state index in [4.69, 9.17) is 0 Å². The van der Waals surface area contributed by atoms with Gasteiger partial charge in [0, 0.05) is 32.1 Å². The largest absolute Gasteiger partial charge is 0.351 e. The molecule has 1 N–H and O–H groups in total. The van der Waals surface area contributed by atoms with Gasteiger partial charge in [-0.3, -0.25) is 9.69 Å². The molecule has 1 aromatic rings. The molecule has 18 heavy (non-hydrogen) atoms. The van der Waals surface area contributed by atoms with Crippen molar-refractivity contribution in [1.82, 2.24) is 10.2 Å². The van der Waals surface area contributed by atoms with Crippen molar-refractivity contribution in [2.45, 2.75) is 38.8 Å². The summed E-state index contributed by atoms with van der Waals surface area (Å²) < 4.78 is 0. The predicted octanol–water partition coefficient (Wildman–Crippen LogP) is 2.18. The average Bonchev–Trinajstić information content (AvgIpc) is 2.33. The van der Waals surface area contributed by atoms with Gasteiger partial charge in [0.25, 0.3) is 0 Å². The second-order valence-corrected chi connectivity index (χ2v) is 5.50. The van der Waals surface area contributed by atoms with Crippen LogP contribution in [0, 0.1) is 0 Å². The number of hydrogen-bond donors (Lipinski definition) is 1. The molecule has 1 fully saturated rings. The summed E-state index contributed by atoms with van der Waals surface area (Å²) in [5.41, 5.74) is 1.35. The van der Waals surface area contributed by atoms with Crippen LogP contribution in [0.3, 0.4) is 0 Å². The number of piperidine rings is 1. The first-order valence-electron chi connectivity index (χ1n) is 6.62. The zero-order chi connectivity index (χ0) is 13.0. The third kappa shape index (κ3) is 3.57. The first-order valence-corrected chi connectivity index (χ1v) is 6.62. The number of carbonyl (C=O) groups excluding carboxylic acids is 1. The lowest BCUT2D eigenvalue weighted by Crippen LogP contribution is -2.52. The van der Waals surface area contributed by atoms with Crippen LogP contribution in [-0.2, 0) is 11.3 Å². The van der Waals surface area contributed by atoms with E-state index in [1.165, 1.54) is 5.56 Å². The molecule has 0 spiro atoms. The Hall–Kier alpha value is -1.35. The van der Waals surface area contributed by atoms with Gasteiger partial charge in [0.15, 0.2) is 0 Å². The minimum atomic E-state index is -0.0149. The minimum absolute atomic E-state index is 0.0149. The van der Waals surface area contributed by atoms with Crippen molar-refractivity contribution < 1.29 is 4.79 Å². The monoisotopic (exact) mass is 246 g/mol. The van der Waals surface area contributed by atoms with Crippen LogP contribution in [0.2, 0.25) is 0 Å². The molecule has 1 heterocycles. The Labute approximate surface area is 109 Å². The molecule has 0 aromatic heterocycles. The highest BCUT2D eigenvalue weighted by Crippen LogP contribution is 2.22. The SMILES string of the molecule is CC(=O)NC1(C)CCN(Cc2ccccc2)CC1. The van der Waals surface area contributed by atoms with E-state index in [-0.39, 0.29) is 11.4 Å². The van der Waals surface area contributed by atoms with Gasteiger partial charge in [-0.1, -0.05) is 30.3 Å². The Morgan fingerprint density at radius 3 is 2.44 bits per heavy atom. The Kier molecular flexibility index (Phi) is 4.02. The second-order valence-electron chi connectivity index (χ2n) is 5.50. The molecule has 0 bridgehead atoms. The van der Waals surface area contributed by atoms with E-state index in [0.29, 0.717) is 0 Å². The van der Waals surface area contributed by atoms with E-state index in [2.05, 4.69) is 41.4 Å². The zero-order valence-corrected chi connectivity index (χ0v) is 11.3. The molecular formula is C15H22N2O. The number of benzene rings is 1. The zero-order valence-electron chi connectivity index (χ0n) is 11.3. The van der Waals surface area contributed by atoms with Crippen LogP contribution >= 0.6 is 0 Å². The van der Waals surface area contributed by atoms with Gasteiger partial charge in [-0.05, 0) is 25.3 Å². The third-order valence-corrected chi connectivity index (χ3v) is 3.69. The Bertz CT molecular complexity index is 394. The Morgan fingerprint density at radius 2 is 1.89 bits per heavy atom. The fourth-order valence-electron chi connectivity index (χ4n) is 2.60. The summed E-state index contributed by atoms with van der Waals surface area (Å²) in [6, 6.07) is 10.6. The molecule has 1 amide bonds. The highest BCUT2D eigenvalue weighted by molar-refractivity contribution is 5.73. The molecular weight excluding hydrogens is 224 g/mol. The Balaban J connectivity index is 1.85. The summed E-state index contributed by atoms with van der Waals surface area (Å²) in [5, 5.41) is 3.08. The number of nitrogens with zero attached hydrogens (tertiary/aromatic N) is 1. The second kappa shape index (κ2) is 5.53. The predicted molar refractivity (Wildman–Crippen MR) is 73.2 cm³/mol. The van der Waals surface area contributed by atoms with Crippen molar-refractivity contribution >= 4 is 5.91 Å². The van der Waals surface area contributed by atoms with Crippen LogP contribution < -0.4 is 5.32 Å². The molecule has 0 unspecified atom stereocenters. The summed E-state index contributed by atoms with van der Waals surface area (Å²) >= 11 is 0. The number of amides is 1. The molecule has 0 saturated carbocycles. The van der Waals surface area contributed by atoms with Gasteiger partial charge in [0.2, 0.25) is 5.91 Å². The smallest absolute Gasteiger partial charge is 0.217 e. The summed E-state index contributed by atoms with van der Waals surface area (Å²) in [4.78, 5) is 13.6. The highest BCUT2D eigenvalue weighted by Gasteiger charge is 2.30. The normalized spacial score (nSPS) is 19.4. The highest BCUT2D eigenvalue weighted by atomic mass is 16.1. The fraction of sp³-hybridized carbons (Fsp3) is 0.533. The van der Waals surface area contributed by atoms with Gasteiger partial charge < -0.3 is 5.32 Å². The lowest BCUT2D eigenvalue weighted by molar-refractivity contribution is -0.121. The van der Waals surface area contributed by atoms with Crippen molar-refractivity contribution in [1.29, 1.82) is 0 Å². The lowest BCUT2D eigenvalue weighted by atomic mass is 9.89. The quantitative estimate of drug-likeness (QED) is 0.886. The van der Waals surface area contributed by atoms with Gasteiger partial charge in [0.1, 0.15) is 0 Å². The molecule has 3 nitrogen and oxygen atoms in total. The summed E-state index contributed by atoms with van der Waals surface area (Å²) in [5.74, 6) is 0.0778. The summed E-state index contributed by atoms with van der Waals surface area (Å²) in [6.07, 6.45) is 2.05. The molecule has 0 aliphatic carbocycles. The third-order valence-electron chi connectivity index (χ3n) is 3.69. The number of rotatable bonds is 3. The van der Waals surface area contributed by atoms with Gasteiger partial charge in [-0.25, -0.2) is 0 Å². The van der Waals surface area contributed by atoms with Crippen LogP contribution in [0.15, 0.2) is 30.3 Å². The van der Waals surface area contributed by atoms with Crippen LogP contribution in [0.4, 0.5) is 0 Å². The van der Waals surface area contributed by atoms with E-state index in [9.17, 15) is 4.79 Å². The van der Waals surface area contributed by atoms with Gasteiger partial charge in [0.05, 0.1) is 0 Å². The van der Waals surface area contributed by atoms with Crippen molar-refractivity contribution in [2.24, 2.45) is 0 Å². The number of likely N-dealkylation sites (tertiary alicyclic amines) is 1. The molecule has 3 heteroatoms. The molecule has 2 rings (SSSR count). The minimum Gasteiger partial charge on any atom is -0.351 e. The van der Waals surface area contributed by atoms with Gasteiger partial charge in [-0.2, -0.15) is 0 Å². The fourth-order valence-corrected chi connectivity index (χ4v) is 2.60. The molecule has 98 valence electrons. The molecule has 0 atom stereocenters. The lowest BCUT2D eigenvalue weighted by Gasteiger charge is -2.39. The van der Waals surface area contributed by atoms with E-state index in [0.717, 1.165) is 32.5 Å². The van der Waals surface area contributed by atoms with E-state index in [1.807, 2.05) is 6.07 Å². The van der Waals surface area contributed by atoms with E-state index in [1.54, 1.807) is 6.92 Å². The standard InChI is InChI=1S/C15H22N2O/c1-13(18)16-15(2)8-10-17(11-9-15)12-14-6-4-3-5-7-14/h3-7H,8-12H2,1-2H3,(H,16,18). The summed E-state index contributed by atoms with van der Waals surface area (Å²) in [6.45, 7) is 6.85. The van der Waals surface area contributed by atoms with Crippen molar-refractivity contribution in [3.05, 3.63) is 35.9 Å². The van der Waals surface area contributed by atoms with E-state index < -0.39 is 0 Å². The molecule has 1 aliphatic heterocycles. The first kappa shape index (κ1) is 13.1. The van der Waals surface area contributed by atoms with Gasteiger partial charge in [-0.15, -0.1) is 0 Å². The maximum Gasteiger partial charge on any atom is 0.217 e. The molecule has 1 aromatic carbocycles. The van der Waals surface area contributed by atoms with Crippen LogP contribution in [0.1, 0.15) is 32.3 Å². The Morgan fingerprint density at radius 1 is 1.28 bits per heavy atom. The molecule has 1 saturated heterocycles. The number of nitrogens with one attached hydrogen (secondary N) is 1. The number of carbonyl (C=O) groups is 1. The van der Waals surface area contributed by atoms with Crippen LogP contribution in [0.5, 0.6) is 0 Å². The molecule has 0 radical (unpaired) electrons. The molecule has 1 aliphatic rings. The summed E-state index contributed by atoms with van der Waals surface area (Å²) in [7, 11) is 0. The maximum absolute atomic E-state index is 11.2. The first-order chi connectivity index (χ1) is 8.57. The van der Waals surface area contributed by atoms with Crippen molar-refractivity contribution in [3.63, 3.8) is 0 Å². The van der Waals surface area contributed by atoms with Crippen molar-refractivity contribution in [3.8, 4) is 0 Å². The average molecular weight is 246 g/mol.